The topological polar surface area (TPSA) is 39.4 Å². The van der Waals surface area contributed by atoms with Crippen molar-refractivity contribution in [1.82, 2.24) is 0 Å². The molecule has 94 valence electrons. The van der Waals surface area contributed by atoms with Crippen molar-refractivity contribution in [3.8, 4) is 5.75 Å². The van der Waals surface area contributed by atoms with Gasteiger partial charge in [-0.3, -0.25) is 4.79 Å². The van der Waals surface area contributed by atoms with Gasteiger partial charge in [0.1, 0.15) is 5.75 Å². The summed E-state index contributed by atoms with van der Waals surface area (Å²) in [6, 6.07) is 8.87. The van der Waals surface area contributed by atoms with Gasteiger partial charge in [-0.15, -0.1) is 0 Å². The van der Waals surface area contributed by atoms with Gasteiger partial charge in [0.2, 0.25) is 5.78 Å². The van der Waals surface area contributed by atoms with E-state index in [0.29, 0.717) is 28.2 Å². The Hall–Kier alpha value is -1.55. The summed E-state index contributed by atoms with van der Waals surface area (Å²) in [5.74, 6) is 0.500. The Morgan fingerprint density at radius 1 is 1.28 bits per heavy atom. The Morgan fingerprint density at radius 2 is 2.06 bits per heavy atom. The number of benzene rings is 1. The standard InChI is InChI=1S/C14H13BrO3/c1-2-8-17-12-6-4-3-5-10(12)13(16)11-7-9-18-14(11)15/h3-7,9H,2,8H2,1H3. The first-order chi connectivity index (χ1) is 8.74. The molecule has 0 aliphatic heterocycles. The summed E-state index contributed by atoms with van der Waals surface area (Å²) in [6.07, 6.45) is 2.38. The maximum atomic E-state index is 12.3. The second-order valence-electron chi connectivity index (χ2n) is 3.78. The summed E-state index contributed by atoms with van der Waals surface area (Å²) >= 11 is 3.21. The Morgan fingerprint density at radius 3 is 2.72 bits per heavy atom. The normalized spacial score (nSPS) is 10.3. The molecule has 2 rings (SSSR count). The number of furan rings is 1. The minimum atomic E-state index is -0.109. The van der Waals surface area contributed by atoms with Gasteiger partial charge >= 0.3 is 0 Å². The van der Waals surface area contributed by atoms with Gasteiger partial charge in [0.15, 0.2) is 4.67 Å². The van der Waals surface area contributed by atoms with Gasteiger partial charge in [-0.1, -0.05) is 19.1 Å². The van der Waals surface area contributed by atoms with E-state index in [1.54, 1.807) is 18.2 Å². The highest BCUT2D eigenvalue weighted by Gasteiger charge is 2.18. The number of halogens is 1. The number of hydrogen-bond acceptors (Lipinski definition) is 3. The van der Waals surface area contributed by atoms with Crippen LogP contribution in [0.2, 0.25) is 0 Å². The van der Waals surface area contributed by atoms with Crippen molar-refractivity contribution in [2.24, 2.45) is 0 Å². The highest BCUT2D eigenvalue weighted by molar-refractivity contribution is 9.10. The summed E-state index contributed by atoms with van der Waals surface area (Å²) < 4.78 is 11.1. The molecule has 0 fully saturated rings. The van der Waals surface area contributed by atoms with Crippen LogP contribution in [0.1, 0.15) is 29.3 Å². The van der Waals surface area contributed by atoms with Gasteiger partial charge in [-0.25, -0.2) is 0 Å². The van der Waals surface area contributed by atoms with Crippen molar-refractivity contribution in [1.29, 1.82) is 0 Å². The average Bonchev–Trinajstić information content (AvgIpc) is 2.82. The summed E-state index contributed by atoms with van der Waals surface area (Å²) in [4.78, 5) is 12.3. The second kappa shape index (κ2) is 5.87. The predicted octanol–water partition coefficient (Wildman–Crippen LogP) is 4.06. The Balaban J connectivity index is 2.33. The van der Waals surface area contributed by atoms with Crippen LogP contribution in [-0.4, -0.2) is 12.4 Å². The number of hydrogen-bond donors (Lipinski definition) is 0. The number of carbonyl (C=O) groups is 1. The number of ketones is 1. The third-order valence-electron chi connectivity index (χ3n) is 2.46. The lowest BCUT2D eigenvalue weighted by Crippen LogP contribution is -2.05. The van der Waals surface area contributed by atoms with Crippen LogP contribution in [0, 0.1) is 0 Å². The van der Waals surface area contributed by atoms with E-state index in [1.807, 2.05) is 19.1 Å². The van der Waals surface area contributed by atoms with E-state index in [2.05, 4.69) is 15.9 Å². The Labute approximate surface area is 114 Å². The smallest absolute Gasteiger partial charge is 0.201 e. The molecule has 0 aliphatic carbocycles. The fourth-order valence-corrected chi connectivity index (χ4v) is 2.01. The molecule has 1 aromatic heterocycles. The molecular weight excluding hydrogens is 296 g/mol. The molecule has 1 heterocycles. The predicted molar refractivity (Wildman–Crippen MR) is 72.1 cm³/mol. The molecule has 0 bridgehead atoms. The zero-order chi connectivity index (χ0) is 13.0. The van der Waals surface area contributed by atoms with Crippen LogP contribution in [0.4, 0.5) is 0 Å². The molecule has 0 unspecified atom stereocenters. The van der Waals surface area contributed by atoms with Crippen molar-refractivity contribution in [3.63, 3.8) is 0 Å². The fourth-order valence-electron chi connectivity index (χ4n) is 1.59. The molecule has 0 atom stereocenters. The molecule has 0 N–H and O–H groups in total. The Bertz CT molecular complexity index is 545. The lowest BCUT2D eigenvalue weighted by atomic mass is 10.1. The van der Waals surface area contributed by atoms with Crippen molar-refractivity contribution in [2.45, 2.75) is 13.3 Å². The highest BCUT2D eigenvalue weighted by Crippen LogP contribution is 2.26. The van der Waals surface area contributed by atoms with Crippen LogP contribution in [0.15, 0.2) is 45.7 Å². The van der Waals surface area contributed by atoms with E-state index < -0.39 is 0 Å². The summed E-state index contributed by atoms with van der Waals surface area (Å²) in [6.45, 7) is 2.62. The van der Waals surface area contributed by atoms with Gasteiger partial charge in [-0.05, 0) is 40.5 Å². The van der Waals surface area contributed by atoms with Crippen molar-refractivity contribution in [2.75, 3.05) is 6.61 Å². The van der Waals surface area contributed by atoms with Gasteiger partial charge in [-0.2, -0.15) is 0 Å². The maximum absolute atomic E-state index is 12.3. The average molecular weight is 309 g/mol. The van der Waals surface area contributed by atoms with Crippen LogP contribution >= 0.6 is 15.9 Å². The molecule has 1 aromatic carbocycles. The van der Waals surface area contributed by atoms with Crippen molar-refractivity contribution in [3.05, 3.63) is 52.4 Å². The van der Waals surface area contributed by atoms with E-state index in [4.69, 9.17) is 9.15 Å². The third-order valence-corrected chi connectivity index (χ3v) is 3.07. The molecule has 18 heavy (non-hydrogen) atoms. The SMILES string of the molecule is CCCOc1ccccc1C(=O)c1ccoc1Br. The zero-order valence-corrected chi connectivity index (χ0v) is 11.6. The van der Waals surface area contributed by atoms with Crippen molar-refractivity contribution >= 4 is 21.7 Å². The quantitative estimate of drug-likeness (QED) is 0.782. The number of ether oxygens (including phenoxy) is 1. The van der Waals surface area contributed by atoms with E-state index in [-0.39, 0.29) is 5.78 Å². The van der Waals surface area contributed by atoms with E-state index >= 15 is 0 Å². The van der Waals surface area contributed by atoms with Crippen LogP contribution in [0.5, 0.6) is 5.75 Å². The third kappa shape index (κ3) is 2.64. The van der Waals surface area contributed by atoms with Crippen LogP contribution in [0.25, 0.3) is 0 Å². The summed E-state index contributed by atoms with van der Waals surface area (Å²) in [7, 11) is 0. The van der Waals surface area contributed by atoms with Crippen LogP contribution < -0.4 is 4.74 Å². The fraction of sp³-hybridized carbons (Fsp3) is 0.214. The molecule has 0 saturated heterocycles. The molecule has 0 aliphatic rings. The molecule has 2 aromatic rings. The highest BCUT2D eigenvalue weighted by atomic mass is 79.9. The number of rotatable bonds is 5. The van der Waals surface area contributed by atoms with Gasteiger partial charge in [0.25, 0.3) is 0 Å². The van der Waals surface area contributed by atoms with Gasteiger partial charge in [0.05, 0.1) is 24.0 Å². The lowest BCUT2D eigenvalue weighted by Gasteiger charge is -2.09. The molecule has 0 saturated carbocycles. The molecule has 0 amide bonds. The number of carbonyl (C=O) groups excluding carboxylic acids is 1. The lowest BCUT2D eigenvalue weighted by molar-refractivity contribution is 0.103. The van der Waals surface area contributed by atoms with E-state index in [0.717, 1.165) is 6.42 Å². The first-order valence-electron chi connectivity index (χ1n) is 5.73. The minimum absolute atomic E-state index is 0.109. The monoisotopic (exact) mass is 308 g/mol. The molecule has 4 heteroatoms. The second-order valence-corrected chi connectivity index (χ2v) is 4.50. The first kappa shape index (κ1) is 12.9. The summed E-state index contributed by atoms with van der Waals surface area (Å²) in [5, 5.41) is 0. The first-order valence-corrected chi connectivity index (χ1v) is 6.53. The van der Waals surface area contributed by atoms with Crippen LogP contribution in [0.3, 0.4) is 0 Å². The molecule has 0 radical (unpaired) electrons. The number of para-hydroxylation sites is 1. The van der Waals surface area contributed by atoms with Crippen molar-refractivity contribution < 1.29 is 13.9 Å². The van der Waals surface area contributed by atoms with E-state index in [1.165, 1.54) is 6.26 Å². The molecular formula is C14H13BrO3. The minimum Gasteiger partial charge on any atom is -0.493 e. The maximum Gasteiger partial charge on any atom is 0.201 e. The Kier molecular flexibility index (Phi) is 4.20. The largest absolute Gasteiger partial charge is 0.493 e. The van der Waals surface area contributed by atoms with Gasteiger partial charge < -0.3 is 9.15 Å². The zero-order valence-electron chi connectivity index (χ0n) is 9.98. The molecule has 0 spiro atoms. The summed E-state index contributed by atoms with van der Waals surface area (Å²) in [5.41, 5.74) is 1.05. The van der Waals surface area contributed by atoms with E-state index in [9.17, 15) is 4.79 Å². The van der Waals surface area contributed by atoms with Crippen LogP contribution in [-0.2, 0) is 0 Å². The molecule has 3 nitrogen and oxygen atoms in total. The van der Waals surface area contributed by atoms with Gasteiger partial charge in [0, 0.05) is 0 Å².